The fourth-order valence-electron chi connectivity index (χ4n) is 7.06. The number of phenols is 1. The summed E-state index contributed by atoms with van der Waals surface area (Å²) in [5, 5.41) is 23.9. The Hall–Kier alpha value is -3.48. The maximum absolute atomic E-state index is 13.8. The van der Waals surface area contributed by atoms with Crippen molar-refractivity contribution in [3.63, 3.8) is 0 Å². The van der Waals surface area contributed by atoms with Crippen LogP contribution in [0.1, 0.15) is 71.0 Å². The molecule has 2 aromatic rings. The third-order valence-corrected chi connectivity index (χ3v) is 9.02. The first-order chi connectivity index (χ1) is 20.2. The molecule has 2 aliphatic heterocycles. The summed E-state index contributed by atoms with van der Waals surface area (Å²) in [6, 6.07) is 6.65. The van der Waals surface area contributed by atoms with Gasteiger partial charge in [-0.2, -0.15) is 0 Å². The van der Waals surface area contributed by atoms with Gasteiger partial charge < -0.3 is 29.3 Å². The normalized spacial score (nSPS) is 27.5. The number of fused-ring (bicyclic) bond motifs is 4. The minimum atomic E-state index is -0.710. The molecular weight excluding hydrogens is 544 g/mol. The molecule has 0 radical (unpaired) electrons. The first-order valence-electron chi connectivity index (χ1n) is 14.3. The van der Waals surface area contributed by atoms with E-state index >= 15 is 0 Å². The van der Waals surface area contributed by atoms with Crippen molar-refractivity contribution < 1.29 is 38.9 Å². The Labute approximate surface area is 242 Å². The van der Waals surface area contributed by atoms with Crippen molar-refractivity contribution in [2.24, 2.45) is 11.3 Å². The number of Topliss-reactive ketones (excluding diaryl/α,β-unsaturated/α-hetero) is 1. The number of carbonyl (C=O) groups is 2. The minimum Gasteiger partial charge on any atom is -0.507 e. The van der Waals surface area contributed by atoms with Gasteiger partial charge >= 0.3 is 0 Å². The average molecular weight is 579 g/mol. The molecule has 6 rings (SSSR count). The number of aromatic hydroxyl groups is 1. The summed E-state index contributed by atoms with van der Waals surface area (Å²) in [6.07, 6.45) is 0.0626. The first kappa shape index (κ1) is 28.6. The monoisotopic (exact) mass is 578 g/mol. The molecule has 2 saturated heterocycles. The van der Waals surface area contributed by atoms with Crippen molar-refractivity contribution in [3.8, 4) is 11.5 Å². The Morgan fingerprint density at radius 1 is 1.29 bits per heavy atom. The van der Waals surface area contributed by atoms with E-state index in [0.29, 0.717) is 47.5 Å². The van der Waals surface area contributed by atoms with Gasteiger partial charge in [-0.15, -0.1) is 4.91 Å². The van der Waals surface area contributed by atoms with E-state index in [1.54, 1.807) is 18.2 Å². The summed E-state index contributed by atoms with van der Waals surface area (Å²) >= 11 is 0. The molecule has 0 amide bonds. The van der Waals surface area contributed by atoms with Gasteiger partial charge in [0.15, 0.2) is 16.9 Å². The van der Waals surface area contributed by atoms with E-state index in [1.807, 2.05) is 13.8 Å². The van der Waals surface area contributed by atoms with Gasteiger partial charge in [-0.1, -0.05) is 18.7 Å². The van der Waals surface area contributed by atoms with Gasteiger partial charge in [0.05, 0.1) is 42.7 Å². The van der Waals surface area contributed by atoms with E-state index in [0.717, 1.165) is 6.54 Å². The van der Waals surface area contributed by atoms with Crippen LogP contribution in [0.15, 0.2) is 36.2 Å². The number of phenolic OH excluding ortho intramolecular Hbond substituents is 1. The van der Waals surface area contributed by atoms with Gasteiger partial charge in [0, 0.05) is 24.1 Å². The molecule has 11 nitrogen and oxygen atoms in total. The van der Waals surface area contributed by atoms with Gasteiger partial charge in [0.1, 0.15) is 18.6 Å². The van der Waals surface area contributed by atoms with Gasteiger partial charge in [-0.05, 0) is 67.5 Å². The molecule has 2 heterocycles. The number of benzene rings is 2. The summed E-state index contributed by atoms with van der Waals surface area (Å²) in [4.78, 5) is 44.6. The summed E-state index contributed by atoms with van der Waals surface area (Å²) in [5.74, 6) is -1.63. The quantitative estimate of drug-likeness (QED) is 0.301. The van der Waals surface area contributed by atoms with Gasteiger partial charge in [-0.25, -0.2) is 0 Å². The molecule has 42 heavy (non-hydrogen) atoms. The summed E-state index contributed by atoms with van der Waals surface area (Å²) < 4.78 is 18.2. The van der Waals surface area contributed by atoms with Crippen LogP contribution in [0.4, 0.5) is 0 Å². The number of hydrogen-bond donors (Lipinski definition) is 2. The maximum atomic E-state index is 13.8. The summed E-state index contributed by atoms with van der Waals surface area (Å²) in [5.41, 5.74) is 2.59. The topological polar surface area (TPSA) is 144 Å². The van der Waals surface area contributed by atoms with Gasteiger partial charge in [0.25, 0.3) is 0 Å². The summed E-state index contributed by atoms with van der Waals surface area (Å²) in [6.45, 7) is 9.48. The van der Waals surface area contributed by atoms with E-state index in [1.165, 1.54) is 6.07 Å². The van der Waals surface area contributed by atoms with Crippen molar-refractivity contribution in [1.82, 2.24) is 4.90 Å². The lowest BCUT2D eigenvalue weighted by Crippen LogP contribution is -2.47. The lowest BCUT2D eigenvalue weighted by atomic mass is 9.73. The average Bonchev–Trinajstić information content (AvgIpc) is 3.29. The highest BCUT2D eigenvalue weighted by Crippen LogP contribution is 2.49. The number of rotatable bonds is 8. The molecule has 2 aromatic carbocycles. The lowest BCUT2D eigenvalue weighted by molar-refractivity contribution is -0.128. The van der Waals surface area contributed by atoms with Crippen molar-refractivity contribution >= 4 is 17.1 Å². The number of aliphatic hydroxyl groups excluding tert-OH is 1. The Bertz CT molecular complexity index is 1460. The smallest absolute Gasteiger partial charge is 0.201 e. The second-order valence-electron chi connectivity index (χ2n) is 11.5. The number of ether oxygens (including phenoxy) is 3. The molecule has 0 bridgehead atoms. The number of morpholine rings is 1. The van der Waals surface area contributed by atoms with Crippen molar-refractivity contribution in [3.05, 3.63) is 69.1 Å². The molecule has 11 heteroatoms. The van der Waals surface area contributed by atoms with Crippen LogP contribution in [-0.2, 0) is 25.4 Å². The molecule has 4 aliphatic rings. The number of aliphatic hydroxyl groups is 1. The minimum absolute atomic E-state index is 0.0218. The predicted molar refractivity (Wildman–Crippen MR) is 150 cm³/mol. The molecule has 6 atom stereocenters. The van der Waals surface area contributed by atoms with E-state index in [-0.39, 0.29) is 65.7 Å². The van der Waals surface area contributed by atoms with Gasteiger partial charge in [0.2, 0.25) is 5.78 Å². The highest BCUT2D eigenvalue weighted by molar-refractivity contribution is 6.21. The molecule has 3 unspecified atom stereocenters. The highest BCUT2D eigenvalue weighted by Gasteiger charge is 2.44. The van der Waals surface area contributed by atoms with Crippen LogP contribution in [0.2, 0.25) is 0 Å². The van der Waals surface area contributed by atoms with Crippen LogP contribution in [0.5, 0.6) is 11.5 Å². The molecule has 222 valence electrons. The maximum Gasteiger partial charge on any atom is 0.201 e. The van der Waals surface area contributed by atoms with Gasteiger partial charge in [-0.3, -0.25) is 14.5 Å². The molecule has 0 saturated carbocycles. The fourth-order valence-corrected chi connectivity index (χ4v) is 7.06. The van der Waals surface area contributed by atoms with Crippen molar-refractivity contribution in [2.75, 3.05) is 26.4 Å². The predicted octanol–water partition coefficient (Wildman–Crippen LogP) is 3.46. The molecule has 0 spiro atoms. The van der Waals surface area contributed by atoms with Crippen LogP contribution in [0.25, 0.3) is 5.57 Å². The summed E-state index contributed by atoms with van der Waals surface area (Å²) in [7, 11) is 0. The standard InChI is InChI=1S/C31H34N2O9/c1-15(9-22-17(3)41-26-14-39-8-7-33(22)26)40-25-12-18(23(35)13-34)10-19-11-21-16(2)20-5-4-6-24(42-32-38)28(20)31(37)29(21)30(36)27(19)25/h4-6,11,15,17-18,22,25-26,34,36H,2,7-10,12-14H2,1,3H3/t15?,17-,18?,22+,25+,26?/m1/s1. The second kappa shape index (κ2) is 11.3. The van der Waals surface area contributed by atoms with Crippen LogP contribution in [0, 0.1) is 10.8 Å². The Morgan fingerprint density at radius 2 is 2.10 bits per heavy atom. The van der Waals surface area contributed by atoms with Crippen LogP contribution in [-0.4, -0.2) is 77.5 Å². The number of ketones is 2. The Morgan fingerprint density at radius 3 is 2.86 bits per heavy atom. The second-order valence-corrected chi connectivity index (χ2v) is 11.5. The van der Waals surface area contributed by atoms with Crippen LogP contribution in [0.3, 0.4) is 0 Å². The van der Waals surface area contributed by atoms with Crippen LogP contribution >= 0.6 is 0 Å². The first-order valence-corrected chi connectivity index (χ1v) is 14.3. The van der Waals surface area contributed by atoms with E-state index < -0.39 is 24.4 Å². The van der Waals surface area contributed by atoms with E-state index in [4.69, 9.17) is 19.0 Å². The molecular formula is C31H34N2O9. The molecule has 0 aromatic heterocycles. The Balaban J connectivity index is 1.36. The zero-order valence-electron chi connectivity index (χ0n) is 23.6. The van der Waals surface area contributed by atoms with Crippen LogP contribution < -0.4 is 4.84 Å². The van der Waals surface area contributed by atoms with E-state index in [9.17, 15) is 24.7 Å². The zero-order valence-corrected chi connectivity index (χ0v) is 23.6. The Kier molecular flexibility index (Phi) is 7.71. The molecule has 2 N–H and O–H groups in total. The van der Waals surface area contributed by atoms with E-state index in [2.05, 4.69) is 16.8 Å². The zero-order chi connectivity index (χ0) is 29.7. The number of hydrogen-bond acceptors (Lipinski definition) is 11. The molecule has 2 aliphatic carbocycles. The largest absolute Gasteiger partial charge is 0.507 e. The third kappa shape index (κ3) is 4.75. The molecule has 2 fully saturated rings. The van der Waals surface area contributed by atoms with Crippen molar-refractivity contribution in [2.45, 2.75) is 63.7 Å². The van der Waals surface area contributed by atoms with Crippen molar-refractivity contribution in [1.29, 1.82) is 0 Å². The highest BCUT2D eigenvalue weighted by atomic mass is 16.7. The third-order valence-electron chi connectivity index (χ3n) is 9.02. The lowest BCUT2D eigenvalue weighted by Gasteiger charge is -2.37. The number of carbonyl (C=O) groups excluding carboxylic acids is 2. The SMILES string of the molecule is C=C1c2cccc(ON=O)c2C(=O)c2c1cc1c(c2O)[C@@H](OC(C)C[C@H]2[C@@H](C)OC3COCCN32)CC(C(=O)CO)C1. The fraction of sp³-hybridized carbons (Fsp3) is 0.484. The number of nitrogens with zero attached hydrogens (tertiary/aromatic N) is 2.